The van der Waals surface area contributed by atoms with Gasteiger partial charge in [0.2, 0.25) is 0 Å². The molecule has 0 spiro atoms. The summed E-state index contributed by atoms with van der Waals surface area (Å²) in [4.78, 5) is 37.3. The van der Waals surface area contributed by atoms with Crippen molar-refractivity contribution in [3.63, 3.8) is 0 Å². The molecule has 5 nitrogen and oxygen atoms in total. The second kappa shape index (κ2) is 12.0. The number of carbonyl (C=O) groups is 3. The molecule has 0 N–H and O–H groups in total. The molecule has 5 heteroatoms. The lowest BCUT2D eigenvalue weighted by Crippen LogP contribution is -2.35. The van der Waals surface area contributed by atoms with Gasteiger partial charge in [0.1, 0.15) is 5.78 Å². The van der Waals surface area contributed by atoms with E-state index >= 15 is 0 Å². The van der Waals surface area contributed by atoms with Crippen molar-refractivity contribution in [1.82, 2.24) is 0 Å². The zero-order valence-electron chi connectivity index (χ0n) is 16.6. The van der Waals surface area contributed by atoms with Gasteiger partial charge < -0.3 is 9.47 Å². The molecule has 0 saturated heterocycles. The van der Waals surface area contributed by atoms with Crippen molar-refractivity contribution >= 4 is 23.8 Å². The first-order valence-corrected chi connectivity index (χ1v) is 9.47. The van der Waals surface area contributed by atoms with E-state index in [1.807, 2.05) is 50.3 Å². The Labute approximate surface area is 161 Å². The second-order valence-corrected chi connectivity index (χ2v) is 6.76. The molecule has 0 aliphatic rings. The molecule has 27 heavy (non-hydrogen) atoms. The molecule has 0 radical (unpaired) electrons. The van der Waals surface area contributed by atoms with Crippen LogP contribution in [-0.2, 0) is 23.9 Å². The van der Waals surface area contributed by atoms with Crippen LogP contribution in [0.25, 0.3) is 6.08 Å². The van der Waals surface area contributed by atoms with Crippen LogP contribution in [0, 0.1) is 17.8 Å². The number of ether oxygens (including phenoxy) is 2. The van der Waals surface area contributed by atoms with Crippen molar-refractivity contribution in [2.45, 2.75) is 40.5 Å². The molecule has 0 heterocycles. The molecule has 1 aromatic rings. The zero-order chi connectivity index (χ0) is 20.2. The fourth-order valence-electron chi connectivity index (χ4n) is 2.81. The minimum absolute atomic E-state index is 0.00584. The minimum atomic E-state index is -1.15. The molecule has 0 aliphatic heterocycles. The standard InChI is InChI=1S/C22H30O5/c1-5-26-21(24)20(22(25)27-6-2)18(15-19(23)14-16(3)4)13-12-17-10-8-7-9-11-17/h7-13,16,18,20H,5-6,14-15H2,1-4H3/b13-12+. The number of Topliss-reactive ketones (excluding diaryl/α,β-unsaturated/α-hetero) is 1. The van der Waals surface area contributed by atoms with Crippen LogP contribution in [0.4, 0.5) is 0 Å². The van der Waals surface area contributed by atoms with Crippen LogP contribution in [0.3, 0.4) is 0 Å². The van der Waals surface area contributed by atoms with Crippen LogP contribution in [0.15, 0.2) is 36.4 Å². The normalized spacial score (nSPS) is 12.4. The summed E-state index contributed by atoms with van der Waals surface area (Å²) >= 11 is 0. The highest BCUT2D eigenvalue weighted by molar-refractivity contribution is 5.96. The molecule has 1 aromatic carbocycles. The van der Waals surface area contributed by atoms with Crippen molar-refractivity contribution in [1.29, 1.82) is 0 Å². The quantitative estimate of drug-likeness (QED) is 0.431. The number of benzene rings is 1. The number of rotatable bonds is 11. The number of ketones is 1. The maximum Gasteiger partial charge on any atom is 0.320 e. The van der Waals surface area contributed by atoms with E-state index in [1.54, 1.807) is 19.9 Å². The molecule has 148 valence electrons. The van der Waals surface area contributed by atoms with Gasteiger partial charge in [-0.3, -0.25) is 14.4 Å². The van der Waals surface area contributed by atoms with Crippen LogP contribution in [0.5, 0.6) is 0 Å². The first-order valence-electron chi connectivity index (χ1n) is 9.47. The molecular formula is C22H30O5. The Morgan fingerprint density at radius 2 is 1.48 bits per heavy atom. The fourth-order valence-corrected chi connectivity index (χ4v) is 2.81. The minimum Gasteiger partial charge on any atom is -0.465 e. The number of hydrogen-bond acceptors (Lipinski definition) is 5. The van der Waals surface area contributed by atoms with E-state index in [0.29, 0.717) is 6.42 Å². The number of allylic oxidation sites excluding steroid dienone is 1. The van der Waals surface area contributed by atoms with E-state index in [4.69, 9.17) is 9.47 Å². The Hall–Kier alpha value is -2.43. The van der Waals surface area contributed by atoms with Gasteiger partial charge in [0.25, 0.3) is 0 Å². The predicted octanol–water partition coefficient (Wildman–Crippen LogP) is 4.06. The van der Waals surface area contributed by atoms with E-state index in [-0.39, 0.29) is 31.3 Å². The number of carbonyl (C=O) groups excluding carboxylic acids is 3. The number of hydrogen-bond donors (Lipinski definition) is 0. The molecule has 1 atom stereocenters. The topological polar surface area (TPSA) is 69.7 Å². The van der Waals surface area contributed by atoms with Gasteiger partial charge in [-0.15, -0.1) is 0 Å². The van der Waals surface area contributed by atoms with Gasteiger partial charge in [0.15, 0.2) is 5.92 Å². The lowest BCUT2D eigenvalue weighted by atomic mass is 9.85. The van der Waals surface area contributed by atoms with E-state index in [1.165, 1.54) is 0 Å². The van der Waals surface area contributed by atoms with E-state index < -0.39 is 23.8 Å². The maximum atomic E-state index is 12.4. The summed E-state index contributed by atoms with van der Waals surface area (Å²) in [6.07, 6.45) is 4.04. The Bertz CT molecular complexity index is 615. The van der Waals surface area contributed by atoms with Crippen molar-refractivity contribution < 1.29 is 23.9 Å². The second-order valence-electron chi connectivity index (χ2n) is 6.76. The summed E-state index contributed by atoms with van der Waals surface area (Å²) in [5, 5.41) is 0. The molecule has 0 bridgehead atoms. The van der Waals surface area contributed by atoms with E-state index in [0.717, 1.165) is 5.56 Å². The summed E-state index contributed by atoms with van der Waals surface area (Å²) < 4.78 is 10.2. The van der Waals surface area contributed by atoms with Gasteiger partial charge in [-0.1, -0.05) is 56.3 Å². The highest BCUT2D eigenvalue weighted by Gasteiger charge is 2.37. The van der Waals surface area contributed by atoms with Gasteiger partial charge in [-0.25, -0.2) is 0 Å². The molecule has 0 amide bonds. The summed E-state index contributed by atoms with van der Waals surface area (Å²) in [5.74, 6) is -2.87. The third kappa shape index (κ3) is 8.20. The van der Waals surface area contributed by atoms with Gasteiger partial charge in [-0.2, -0.15) is 0 Å². The highest BCUT2D eigenvalue weighted by atomic mass is 16.6. The van der Waals surface area contributed by atoms with Crippen molar-refractivity contribution in [2.24, 2.45) is 17.8 Å². The maximum absolute atomic E-state index is 12.4. The van der Waals surface area contributed by atoms with Gasteiger partial charge >= 0.3 is 11.9 Å². The first-order chi connectivity index (χ1) is 12.9. The Kier molecular flexibility index (Phi) is 10.1. The first kappa shape index (κ1) is 22.6. The smallest absolute Gasteiger partial charge is 0.320 e. The van der Waals surface area contributed by atoms with Crippen LogP contribution < -0.4 is 0 Å². The molecule has 0 saturated carbocycles. The Balaban J connectivity index is 3.15. The van der Waals surface area contributed by atoms with Crippen molar-refractivity contribution in [3.05, 3.63) is 42.0 Å². The van der Waals surface area contributed by atoms with E-state index in [9.17, 15) is 14.4 Å². The van der Waals surface area contributed by atoms with Gasteiger partial charge in [0.05, 0.1) is 13.2 Å². The van der Waals surface area contributed by atoms with Crippen LogP contribution >= 0.6 is 0 Å². The molecule has 1 unspecified atom stereocenters. The Morgan fingerprint density at radius 3 is 1.96 bits per heavy atom. The average molecular weight is 374 g/mol. The van der Waals surface area contributed by atoms with Crippen LogP contribution in [0.1, 0.15) is 46.1 Å². The van der Waals surface area contributed by atoms with Crippen molar-refractivity contribution in [3.8, 4) is 0 Å². The summed E-state index contributed by atoms with van der Waals surface area (Å²) in [5.41, 5.74) is 0.922. The third-order valence-electron chi connectivity index (χ3n) is 3.94. The summed E-state index contributed by atoms with van der Waals surface area (Å²) in [7, 11) is 0. The average Bonchev–Trinajstić information content (AvgIpc) is 2.60. The highest BCUT2D eigenvalue weighted by Crippen LogP contribution is 2.24. The zero-order valence-corrected chi connectivity index (χ0v) is 16.6. The fraction of sp³-hybridized carbons (Fsp3) is 0.500. The largest absolute Gasteiger partial charge is 0.465 e. The summed E-state index contributed by atoms with van der Waals surface area (Å²) in [6, 6.07) is 9.51. The lowest BCUT2D eigenvalue weighted by molar-refractivity contribution is -0.163. The molecule has 1 rings (SSSR count). The Morgan fingerprint density at radius 1 is 0.926 bits per heavy atom. The van der Waals surface area contributed by atoms with E-state index in [2.05, 4.69) is 0 Å². The molecule has 0 fully saturated rings. The van der Waals surface area contributed by atoms with Gasteiger partial charge in [0, 0.05) is 18.8 Å². The van der Waals surface area contributed by atoms with Crippen molar-refractivity contribution in [2.75, 3.05) is 13.2 Å². The van der Waals surface area contributed by atoms with Crippen LogP contribution in [-0.4, -0.2) is 30.9 Å². The summed E-state index contributed by atoms with van der Waals surface area (Å²) in [6.45, 7) is 7.59. The third-order valence-corrected chi connectivity index (χ3v) is 3.94. The van der Waals surface area contributed by atoms with Crippen LogP contribution in [0.2, 0.25) is 0 Å². The lowest BCUT2D eigenvalue weighted by Gasteiger charge is -2.21. The number of esters is 2. The SMILES string of the molecule is CCOC(=O)C(C(=O)OCC)C(/C=C/c1ccccc1)CC(=O)CC(C)C. The molecular weight excluding hydrogens is 344 g/mol. The monoisotopic (exact) mass is 374 g/mol. The molecule has 0 aromatic heterocycles. The predicted molar refractivity (Wildman–Crippen MR) is 105 cm³/mol. The molecule has 0 aliphatic carbocycles. The van der Waals surface area contributed by atoms with Gasteiger partial charge in [-0.05, 0) is 25.3 Å².